The molecule has 6 aliphatic rings. The number of rotatable bonds is 17. The molecule has 0 saturated heterocycles. The summed E-state index contributed by atoms with van der Waals surface area (Å²) in [6, 6.07) is 36.2. The molecule has 0 spiro atoms. The van der Waals surface area contributed by atoms with E-state index in [2.05, 4.69) is 28.2 Å². The van der Waals surface area contributed by atoms with E-state index in [1.165, 1.54) is 0 Å². The van der Waals surface area contributed by atoms with Crippen LogP contribution in [0.4, 0.5) is 22.7 Å². The van der Waals surface area contributed by atoms with Gasteiger partial charge < -0.3 is 36.3 Å². The van der Waals surface area contributed by atoms with E-state index in [1.54, 1.807) is 6.07 Å². The number of carboxylic acids is 1. The number of benzene rings is 4. The van der Waals surface area contributed by atoms with Crippen LogP contribution < -0.4 is 31.2 Å². The standard InChI is InChI=1S/C81H88N8O7.Cu/c1-78(42-17-5-18-43-78)74(93)86-56-30-13-9-26-51(56)69-60-36-37-61(82-60)70(52-27-10-14-31-57(52)87-75(94)79(2)44-19-6-20-45-79)63-40-41-65(84-63)72(54-29-12-16-33-59(54)89-77(96)81(4)48-23-8-24-49-81)73-55(67(90)34-25-35-68(91)92)50-66(85-73)71(64-39-38-62(69)83-64)53-28-11-15-32-58(53)88-76(95)80(3)46-21-7-22-47-80;/h9-16,26-33,36-41,50H,5-8,17-25,34-35,42-49H2,1-4H3,(H7,82,83,84,85,86,87,88,89,90,91,92,93,94,95,96);/q;+2/p-2. The molecule has 4 aromatic carbocycles. The van der Waals surface area contributed by atoms with E-state index in [4.69, 9.17) is 19.9 Å². The van der Waals surface area contributed by atoms with Crippen LogP contribution in [-0.4, -0.2) is 50.5 Å². The molecule has 0 atom stereocenters. The fraction of sp³-hybridized carbons (Fsp3) is 0.383. The third-order valence-corrected chi connectivity index (χ3v) is 21.6. The molecule has 13 rings (SSSR count). The molecule has 15 nitrogen and oxygen atoms in total. The van der Waals surface area contributed by atoms with Crippen molar-refractivity contribution in [1.29, 1.82) is 0 Å². The summed E-state index contributed by atoms with van der Waals surface area (Å²) in [7, 11) is 0. The first-order valence-corrected chi connectivity index (χ1v) is 34.9. The average molecular weight is 1350 g/mol. The Morgan fingerprint density at radius 2 is 0.691 bits per heavy atom. The predicted molar refractivity (Wildman–Crippen MR) is 384 cm³/mol. The number of fused-ring (bicyclic) bond motifs is 8. The normalized spacial score (nSPS) is 17.4. The summed E-state index contributed by atoms with van der Waals surface area (Å²) >= 11 is 0. The Bertz CT molecular complexity index is 4470. The number of amides is 4. The molecule has 2 aliphatic heterocycles. The Hall–Kier alpha value is -8.98. The molecule has 4 saturated carbocycles. The third-order valence-electron chi connectivity index (χ3n) is 21.6. The van der Waals surface area contributed by atoms with Crippen LogP contribution in [0, 0.1) is 21.7 Å². The van der Waals surface area contributed by atoms with E-state index in [0.29, 0.717) is 107 Å². The molecule has 3 aromatic heterocycles. The molecule has 4 fully saturated rings. The Morgan fingerprint density at radius 3 is 1.02 bits per heavy atom. The molecule has 8 bridgehead atoms. The van der Waals surface area contributed by atoms with Gasteiger partial charge >= 0.3 is 23.0 Å². The van der Waals surface area contributed by atoms with Gasteiger partial charge in [-0.05, 0) is 129 Å². The molecule has 4 aliphatic carbocycles. The van der Waals surface area contributed by atoms with Crippen molar-refractivity contribution in [3.05, 3.63) is 144 Å². The number of Topliss-reactive ketones (excluding diaryl/α,β-unsaturated/α-hetero) is 1. The predicted octanol–water partition coefficient (Wildman–Crippen LogP) is 18.7. The van der Waals surface area contributed by atoms with E-state index in [9.17, 15) is 29.1 Å². The van der Waals surface area contributed by atoms with Crippen molar-refractivity contribution >= 4 is 105 Å². The van der Waals surface area contributed by atoms with Crippen molar-refractivity contribution in [1.82, 2.24) is 19.9 Å². The molecule has 5 N–H and O–H groups in total. The van der Waals surface area contributed by atoms with Gasteiger partial charge in [0, 0.05) is 85.1 Å². The Labute approximate surface area is 578 Å². The van der Waals surface area contributed by atoms with Crippen LogP contribution in [0.5, 0.6) is 0 Å². The number of ketones is 1. The Balaban J connectivity index is 0.00000897. The largest absolute Gasteiger partial charge is 2.00 e. The van der Waals surface area contributed by atoms with E-state index in [-0.39, 0.29) is 76.8 Å². The number of para-hydroxylation sites is 4. The second kappa shape index (κ2) is 28.6. The van der Waals surface area contributed by atoms with Crippen LogP contribution in [0.3, 0.4) is 0 Å². The number of hydrogen-bond donors (Lipinski definition) is 5. The van der Waals surface area contributed by atoms with Crippen molar-refractivity contribution in [2.45, 2.75) is 175 Å². The number of carbonyl (C=O) groups excluding carboxylic acids is 5. The second-order valence-corrected chi connectivity index (χ2v) is 28.7. The van der Waals surface area contributed by atoms with Gasteiger partial charge in [0.15, 0.2) is 5.78 Å². The van der Waals surface area contributed by atoms with Crippen LogP contribution in [0.1, 0.15) is 209 Å². The maximum atomic E-state index is 15.5. The fourth-order valence-corrected chi connectivity index (χ4v) is 15.6. The summed E-state index contributed by atoms with van der Waals surface area (Å²) in [4.78, 5) is 109. The van der Waals surface area contributed by atoms with Crippen molar-refractivity contribution in [2.24, 2.45) is 21.7 Å². The number of aromatic nitrogens is 4. The number of anilines is 4. The second-order valence-electron chi connectivity index (χ2n) is 28.7. The van der Waals surface area contributed by atoms with Crippen LogP contribution in [0.15, 0.2) is 115 Å². The van der Waals surface area contributed by atoms with Gasteiger partial charge in [0.05, 0.1) is 22.8 Å². The van der Waals surface area contributed by atoms with Crippen molar-refractivity contribution < 1.29 is 50.9 Å². The van der Waals surface area contributed by atoms with Crippen molar-refractivity contribution in [3.8, 4) is 44.5 Å². The van der Waals surface area contributed by atoms with Gasteiger partial charge in [-0.1, -0.05) is 196 Å². The maximum Gasteiger partial charge on any atom is 2.00 e. The van der Waals surface area contributed by atoms with Gasteiger partial charge in [-0.25, -0.2) is 9.97 Å². The van der Waals surface area contributed by atoms with Gasteiger partial charge in [0.2, 0.25) is 23.6 Å². The van der Waals surface area contributed by atoms with Crippen molar-refractivity contribution in [2.75, 3.05) is 21.3 Å². The van der Waals surface area contributed by atoms with E-state index in [0.717, 1.165) is 128 Å². The summed E-state index contributed by atoms with van der Waals surface area (Å²) in [5.74, 6) is -1.75. The Morgan fingerprint density at radius 1 is 0.392 bits per heavy atom. The average Bonchev–Trinajstić information content (AvgIpc) is 1.62. The number of carbonyl (C=O) groups is 6. The molecule has 16 heteroatoms. The first kappa shape index (κ1) is 68.0. The molecule has 5 heterocycles. The monoisotopic (exact) mass is 1350 g/mol. The summed E-state index contributed by atoms with van der Waals surface area (Å²) < 4.78 is 0. The molecular weight excluding hydrogens is 1260 g/mol. The first-order valence-electron chi connectivity index (χ1n) is 34.9. The number of aliphatic carboxylic acids is 1. The van der Waals surface area contributed by atoms with E-state index >= 15 is 4.79 Å². The summed E-state index contributed by atoms with van der Waals surface area (Å²) in [5, 5.41) is 23.5. The van der Waals surface area contributed by atoms with Gasteiger partial charge in [-0.15, -0.1) is 22.1 Å². The first-order chi connectivity index (χ1) is 46.4. The molecule has 4 amide bonds. The minimum atomic E-state index is -1.03. The maximum absolute atomic E-state index is 15.5. The van der Waals surface area contributed by atoms with Gasteiger partial charge in [0.25, 0.3) is 0 Å². The SMILES string of the molecule is CC1(C(=O)Nc2ccccc2-c2c3nc(c(-c4ccccc4NC(=O)C4(C)CCCCC4)c4cc(C(=O)CCCC(=O)O)c([n-]4)c(-c4ccccc4NC(=O)C4(C)CCCCC4)c4nc(c(-c5ccccc5NC(=O)C5(C)CCCCC5)c5ccc2[n-]5)C=C4)C=C3)CCCCC1.[Cu+2]. The van der Waals surface area contributed by atoms with Gasteiger partial charge in [0.1, 0.15) is 0 Å². The van der Waals surface area contributed by atoms with Gasteiger partial charge in [-0.3, -0.25) is 28.8 Å². The third kappa shape index (κ3) is 14.0. The zero-order chi connectivity index (χ0) is 66.8. The van der Waals surface area contributed by atoms with E-state index in [1.807, 2.05) is 154 Å². The topological polar surface area (TPSA) is 225 Å². The van der Waals surface area contributed by atoms with Crippen molar-refractivity contribution in [3.63, 3.8) is 0 Å². The quantitative estimate of drug-likeness (QED) is 0.0426. The van der Waals surface area contributed by atoms with Crippen LogP contribution >= 0.6 is 0 Å². The van der Waals surface area contributed by atoms with Crippen LogP contribution in [-0.2, 0) is 41.0 Å². The zero-order valence-electron chi connectivity index (χ0n) is 56.0. The summed E-state index contributed by atoms with van der Waals surface area (Å²) in [5.41, 5.74) is 7.95. The van der Waals surface area contributed by atoms with Crippen LogP contribution in [0.2, 0.25) is 0 Å². The number of nitrogens with one attached hydrogen (secondary N) is 4. The fourth-order valence-electron chi connectivity index (χ4n) is 15.6. The minimum absolute atomic E-state index is 0. The number of nitrogens with zero attached hydrogens (tertiary/aromatic N) is 4. The molecule has 97 heavy (non-hydrogen) atoms. The molecule has 0 unspecified atom stereocenters. The van der Waals surface area contributed by atoms with Gasteiger partial charge in [-0.2, -0.15) is 0 Å². The summed E-state index contributed by atoms with van der Waals surface area (Å²) in [6.45, 7) is 8.16. The molecule has 1 radical (unpaired) electrons. The van der Waals surface area contributed by atoms with Crippen LogP contribution in [0.25, 0.3) is 90.9 Å². The molecule has 7 aromatic rings. The Kier molecular flexibility index (Phi) is 20.0. The number of hydrogen-bond acceptors (Lipinski definition) is 8. The summed E-state index contributed by atoms with van der Waals surface area (Å²) in [6.07, 6.45) is 25.1. The molecule has 503 valence electrons. The number of carboxylic acid groups (broad SMARTS) is 1. The minimum Gasteiger partial charge on any atom is -0.657 e. The van der Waals surface area contributed by atoms with E-state index < -0.39 is 27.6 Å². The zero-order valence-corrected chi connectivity index (χ0v) is 57.0. The molecular formula is C81H86CuN8O7. The smallest absolute Gasteiger partial charge is 0.657 e.